The van der Waals surface area contributed by atoms with Crippen molar-refractivity contribution in [2.75, 3.05) is 30.9 Å². The van der Waals surface area contributed by atoms with Gasteiger partial charge in [0.2, 0.25) is 5.91 Å². The predicted molar refractivity (Wildman–Crippen MR) is 49.8 cm³/mol. The number of thioether (sulfide) groups is 1. The number of hydrogen-bond acceptors (Lipinski definition) is 2. The van der Waals surface area contributed by atoms with Crippen LogP contribution in [0.1, 0.15) is 0 Å². The molecule has 10 heavy (non-hydrogen) atoms. The summed E-state index contributed by atoms with van der Waals surface area (Å²) in [5.41, 5.74) is 0. The zero-order valence-corrected chi connectivity index (χ0v) is 8.67. The minimum Gasteiger partial charge on any atom is -0.344 e. The van der Waals surface area contributed by atoms with Gasteiger partial charge in [-0.15, -0.1) is 0 Å². The molecule has 0 aliphatic rings. The van der Waals surface area contributed by atoms with E-state index >= 15 is 0 Å². The van der Waals surface area contributed by atoms with Gasteiger partial charge in [-0.3, -0.25) is 4.79 Å². The molecule has 0 aromatic heterocycles. The van der Waals surface area contributed by atoms with Crippen molar-refractivity contribution in [3.05, 3.63) is 0 Å². The Kier molecular flexibility index (Phi) is 6.22. The Morgan fingerprint density at radius 2 is 2.30 bits per heavy atom. The van der Waals surface area contributed by atoms with Crippen molar-refractivity contribution in [3.63, 3.8) is 0 Å². The van der Waals surface area contributed by atoms with E-state index in [1.807, 2.05) is 13.3 Å². The lowest BCUT2D eigenvalue weighted by atomic mass is 10.5. The second-order valence-corrected chi connectivity index (χ2v) is 3.60. The topological polar surface area (TPSA) is 20.3 Å². The average molecular weight is 226 g/mol. The van der Waals surface area contributed by atoms with Gasteiger partial charge in [-0.1, -0.05) is 15.9 Å². The first-order valence-corrected chi connectivity index (χ1v) is 5.52. The molecule has 0 radical (unpaired) electrons. The molecule has 0 aromatic rings. The molecule has 0 spiro atoms. The van der Waals surface area contributed by atoms with Crippen molar-refractivity contribution < 1.29 is 4.79 Å². The Bertz CT molecular complexity index is 110. The van der Waals surface area contributed by atoms with E-state index in [1.165, 1.54) is 0 Å². The molecule has 0 bridgehead atoms. The average Bonchev–Trinajstić information content (AvgIpc) is 1.89. The van der Waals surface area contributed by atoms with Gasteiger partial charge in [0.05, 0.1) is 5.75 Å². The first-order valence-electron chi connectivity index (χ1n) is 3.01. The van der Waals surface area contributed by atoms with Gasteiger partial charge in [-0.25, -0.2) is 0 Å². The van der Waals surface area contributed by atoms with Crippen molar-refractivity contribution >= 4 is 33.6 Å². The van der Waals surface area contributed by atoms with Crippen molar-refractivity contribution in [2.24, 2.45) is 0 Å². The fourth-order valence-electron chi connectivity index (χ4n) is 0.485. The second kappa shape index (κ2) is 6.04. The molecule has 1 amide bonds. The molecule has 0 aliphatic heterocycles. The second-order valence-electron chi connectivity index (χ2n) is 1.94. The van der Waals surface area contributed by atoms with Gasteiger partial charge in [-0.2, -0.15) is 11.8 Å². The molecule has 0 saturated heterocycles. The number of alkyl halides is 1. The monoisotopic (exact) mass is 225 g/mol. The highest BCUT2D eigenvalue weighted by Gasteiger charge is 2.04. The van der Waals surface area contributed by atoms with Crippen LogP contribution in [0.3, 0.4) is 0 Å². The molecule has 0 aliphatic carbocycles. The SMILES string of the molecule is CSCC(=O)N(C)CCBr. The minimum atomic E-state index is 0.201. The van der Waals surface area contributed by atoms with E-state index < -0.39 is 0 Å². The van der Waals surface area contributed by atoms with E-state index in [4.69, 9.17) is 0 Å². The first kappa shape index (κ1) is 10.3. The van der Waals surface area contributed by atoms with Crippen LogP contribution in [0.4, 0.5) is 0 Å². The third kappa shape index (κ3) is 4.17. The Morgan fingerprint density at radius 1 is 1.70 bits per heavy atom. The molecule has 2 nitrogen and oxygen atoms in total. The Morgan fingerprint density at radius 3 is 2.70 bits per heavy atom. The number of carbonyl (C=O) groups excluding carboxylic acids is 1. The summed E-state index contributed by atoms with van der Waals surface area (Å²) in [6.07, 6.45) is 1.93. The van der Waals surface area contributed by atoms with E-state index in [9.17, 15) is 4.79 Å². The Balaban J connectivity index is 3.49. The van der Waals surface area contributed by atoms with Crippen molar-refractivity contribution in [3.8, 4) is 0 Å². The molecule has 0 rings (SSSR count). The van der Waals surface area contributed by atoms with Gasteiger partial charge >= 0.3 is 0 Å². The van der Waals surface area contributed by atoms with Crippen LogP contribution in [0.15, 0.2) is 0 Å². The zero-order valence-electron chi connectivity index (χ0n) is 6.26. The van der Waals surface area contributed by atoms with Gasteiger partial charge < -0.3 is 4.90 Å². The summed E-state index contributed by atoms with van der Waals surface area (Å²) in [5.74, 6) is 0.788. The van der Waals surface area contributed by atoms with E-state index in [1.54, 1.807) is 16.7 Å². The molecule has 0 heterocycles. The summed E-state index contributed by atoms with van der Waals surface area (Å²) < 4.78 is 0. The maximum Gasteiger partial charge on any atom is 0.232 e. The lowest BCUT2D eigenvalue weighted by molar-refractivity contribution is -0.126. The van der Waals surface area contributed by atoms with Crippen LogP contribution in [0.2, 0.25) is 0 Å². The molecule has 0 unspecified atom stereocenters. The van der Waals surface area contributed by atoms with Crippen LogP contribution in [0.25, 0.3) is 0 Å². The van der Waals surface area contributed by atoms with Gasteiger partial charge in [0.25, 0.3) is 0 Å². The van der Waals surface area contributed by atoms with Gasteiger partial charge in [-0.05, 0) is 6.26 Å². The van der Waals surface area contributed by atoms with E-state index in [-0.39, 0.29) is 5.91 Å². The minimum absolute atomic E-state index is 0.201. The lowest BCUT2D eigenvalue weighted by Gasteiger charge is -2.14. The molecule has 0 atom stereocenters. The van der Waals surface area contributed by atoms with Crippen molar-refractivity contribution in [2.45, 2.75) is 0 Å². The third-order valence-corrected chi connectivity index (χ3v) is 2.00. The number of amides is 1. The molecule has 60 valence electrons. The smallest absolute Gasteiger partial charge is 0.232 e. The van der Waals surface area contributed by atoms with Gasteiger partial charge in [0.15, 0.2) is 0 Å². The van der Waals surface area contributed by atoms with E-state index in [0.29, 0.717) is 5.75 Å². The summed E-state index contributed by atoms with van der Waals surface area (Å²) >= 11 is 4.83. The maximum absolute atomic E-state index is 11.0. The van der Waals surface area contributed by atoms with Crippen LogP contribution in [-0.2, 0) is 4.79 Å². The summed E-state index contributed by atoms with van der Waals surface area (Å²) in [4.78, 5) is 12.7. The van der Waals surface area contributed by atoms with Crippen molar-refractivity contribution in [1.82, 2.24) is 4.90 Å². The summed E-state index contributed by atoms with van der Waals surface area (Å²) in [5, 5.41) is 0.851. The predicted octanol–water partition coefficient (Wildman–Crippen LogP) is 1.20. The molecular weight excluding hydrogens is 214 g/mol. The summed E-state index contributed by atoms with van der Waals surface area (Å²) in [6, 6.07) is 0. The van der Waals surface area contributed by atoms with Crippen LogP contribution < -0.4 is 0 Å². The van der Waals surface area contributed by atoms with Gasteiger partial charge in [0, 0.05) is 18.9 Å². The lowest BCUT2D eigenvalue weighted by Crippen LogP contribution is -2.29. The summed E-state index contributed by atoms with van der Waals surface area (Å²) in [7, 11) is 1.82. The fraction of sp³-hybridized carbons (Fsp3) is 0.833. The Labute approximate surface area is 74.5 Å². The standard InChI is InChI=1S/C6H12BrNOS/c1-8(4-3-7)6(9)5-10-2/h3-5H2,1-2H3. The molecule has 0 N–H and O–H groups in total. The van der Waals surface area contributed by atoms with Crippen LogP contribution in [-0.4, -0.2) is 41.7 Å². The van der Waals surface area contributed by atoms with E-state index in [0.717, 1.165) is 11.9 Å². The maximum atomic E-state index is 11.0. The zero-order chi connectivity index (χ0) is 7.98. The summed E-state index contributed by atoms with van der Waals surface area (Å²) in [6.45, 7) is 0.791. The number of hydrogen-bond donors (Lipinski definition) is 0. The highest BCUT2D eigenvalue weighted by molar-refractivity contribution is 9.09. The number of halogens is 1. The quantitative estimate of drug-likeness (QED) is 0.671. The third-order valence-electron chi connectivity index (χ3n) is 1.11. The fourth-order valence-corrected chi connectivity index (χ4v) is 1.48. The molecular formula is C6H12BrNOS. The molecule has 0 fully saturated rings. The molecule has 4 heteroatoms. The highest BCUT2D eigenvalue weighted by Crippen LogP contribution is 1.95. The van der Waals surface area contributed by atoms with Crippen molar-refractivity contribution in [1.29, 1.82) is 0 Å². The Hall–Kier alpha value is 0.300. The largest absolute Gasteiger partial charge is 0.344 e. The number of nitrogens with zero attached hydrogens (tertiary/aromatic N) is 1. The van der Waals surface area contributed by atoms with Crippen LogP contribution in [0.5, 0.6) is 0 Å². The first-order chi connectivity index (χ1) is 4.72. The molecule has 0 aromatic carbocycles. The van der Waals surface area contributed by atoms with Gasteiger partial charge in [0.1, 0.15) is 0 Å². The highest BCUT2D eigenvalue weighted by atomic mass is 79.9. The number of carbonyl (C=O) groups is 1. The van der Waals surface area contributed by atoms with Crippen LogP contribution >= 0.6 is 27.7 Å². The number of rotatable bonds is 4. The molecule has 0 saturated carbocycles. The van der Waals surface area contributed by atoms with E-state index in [2.05, 4.69) is 15.9 Å². The normalized spacial score (nSPS) is 9.50. The van der Waals surface area contributed by atoms with Crippen LogP contribution in [0, 0.1) is 0 Å².